The number of carboxylic acids is 1. The van der Waals surface area contributed by atoms with Gasteiger partial charge in [-0.05, 0) is 43.2 Å². The van der Waals surface area contributed by atoms with Crippen molar-refractivity contribution in [3.05, 3.63) is 35.4 Å². The molecule has 108 valence electrons. The Morgan fingerprint density at radius 3 is 2.80 bits per heavy atom. The fourth-order valence-electron chi connectivity index (χ4n) is 4.01. The molecule has 1 saturated carbocycles. The molecular formula is C17H23NO2. The van der Waals surface area contributed by atoms with Gasteiger partial charge in [0.15, 0.2) is 0 Å². The lowest BCUT2D eigenvalue weighted by Gasteiger charge is -2.33. The first-order valence-electron chi connectivity index (χ1n) is 7.70. The average molecular weight is 273 g/mol. The highest BCUT2D eigenvalue weighted by Crippen LogP contribution is 2.40. The van der Waals surface area contributed by atoms with Gasteiger partial charge in [0, 0.05) is 12.6 Å². The Labute approximate surface area is 120 Å². The summed E-state index contributed by atoms with van der Waals surface area (Å²) in [6.45, 7) is 2.89. The standard InChI is InChI=1S/C17H23NO2/c1-12-6-2-3-8-14(12)11-18-15-9-5-4-7-13(15)10-16(18)17(19)20/h2-3,6,8,13,15-16H,4-5,7,9-11H2,1H3,(H,19,20). The van der Waals surface area contributed by atoms with Crippen LogP contribution in [0.25, 0.3) is 0 Å². The van der Waals surface area contributed by atoms with Crippen molar-refractivity contribution in [2.45, 2.75) is 57.7 Å². The molecule has 1 heterocycles. The van der Waals surface area contributed by atoms with Gasteiger partial charge >= 0.3 is 5.97 Å². The predicted molar refractivity (Wildman–Crippen MR) is 78.5 cm³/mol. The predicted octanol–water partition coefficient (Wildman–Crippen LogP) is 3.21. The molecule has 1 aliphatic heterocycles. The first kappa shape index (κ1) is 13.6. The van der Waals surface area contributed by atoms with Crippen molar-refractivity contribution in [2.75, 3.05) is 0 Å². The van der Waals surface area contributed by atoms with E-state index in [2.05, 4.69) is 24.0 Å². The summed E-state index contributed by atoms with van der Waals surface area (Å²) in [5.41, 5.74) is 2.53. The quantitative estimate of drug-likeness (QED) is 0.919. The molecule has 1 N–H and O–H groups in total. The van der Waals surface area contributed by atoms with E-state index in [9.17, 15) is 9.90 Å². The third-order valence-corrected chi connectivity index (χ3v) is 5.12. The molecule has 0 spiro atoms. The van der Waals surface area contributed by atoms with E-state index < -0.39 is 5.97 Å². The first-order valence-corrected chi connectivity index (χ1v) is 7.70. The minimum Gasteiger partial charge on any atom is -0.480 e. The van der Waals surface area contributed by atoms with Crippen LogP contribution in [0.3, 0.4) is 0 Å². The van der Waals surface area contributed by atoms with E-state index >= 15 is 0 Å². The fourth-order valence-corrected chi connectivity index (χ4v) is 4.01. The molecule has 0 aromatic heterocycles. The van der Waals surface area contributed by atoms with Crippen molar-refractivity contribution in [2.24, 2.45) is 5.92 Å². The molecule has 1 aromatic rings. The highest BCUT2D eigenvalue weighted by atomic mass is 16.4. The smallest absolute Gasteiger partial charge is 0.320 e. The van der Waals surface area contributed by atoms with Gasteiger partial charge in [-0.3, -0.25) is 9.69 Å². The maximum Gasteiger partial charge on any atom is 0.320 e. The van der Waals surface area contributed by atoms with Crippen molar-refractivity contribution in [3.63, 3.8) is 0 Å². The Morgan fingerprint density at radius 1 is 1.30 bits per heavy atom. The summed E-state index contributed by atoms with van der Waals surface area (Å²) < 4.78 is 0. The summed E-state index contributed by atoms with van der Waals surface area (Å²) in [5.74, 6) is -0.0538. The summed E-state index contributed by atoms with van der Waals surface area (Å²) in [4.78, 5) is 13.8. The van der Waals surface area contributed by atoms with Crippen molar-refractivity contribution >= 4 is 5.97 Å². The van der Waals surface area contributed by atoms with Gasteiger partial charge < -0.3 is 5.11 Å². The molecular weight excluding hydrogens is 250 g/mol. The zero-order valence-corrected chi connectivity index (χ0v) is 12.1. The molecule has 0 amide bonds. The average Bonchev–Trinajstić information content (AvgIpc) is 2.81. The SMILES string of the molecule is Cc1ccccc1CN1C(C(=O)O)CC2CCCCC21. The Hall–Kier alpha value is -1.35. The lowest BCUT2D eigenvalue weighted by atomic mass is 9.84. The van der Waals surface area contributed by atoms with Crippen LogP contribution in [-0.4, -0.2) is 28.1 Å². The van der Waals surface area contributed by atoms with E-state index in [1.54, 1.807) is 0 Å². The number of benzene rings is 1. The van der Waals surface area contributed by atoms with Crippen molar-refractivity contribution in [1.82, 2.24) is 4.90 Å². The lowest BCUT2D eigenvalue weighted by Crippen LogP contribution is -2.41. The molecule has 2 fully saturated rings. The molecule has 3 rings (SSSR count). The second-order valence-electron chi connectivity index (χ2n) is 6.30. The van der Waals surface area contributed by atoms with Crippen LogP contribution in [0.15, 0.2) is 24.3 Å². The monoisotopic (exact) mass is 273 g/mol. The number of carboxylic acid groups (broad SMARTS) is 1. The van der Waals surface area contributed by atoms with E-state index in [0.29, 0.717) is 12.0 Å². The Bertz CT molecular complexity index is 500. The third kappa shape index (κ3) is 2.47. The van der Waals surface area contributed by atoms with Gasteiger partial charge in [0.1, 0.15) is 6.04 Å². The van der Waals surface area contributed by atoms with Crippen LogP contribution in [0.5, 0.6) is 0 Å². The summed E-state index contributed by atoms with van der Waals surface area (Å²) in [6.07, 6.45) is 5.73. The van der Waals surface area contributed by atoms with Gasteiger partial charge in [-0.25, -0.2) is 0 Å². The topological polar surface area (TPSA) is 40.5 Å². The van der Waals surface area contributed by atoms with E-state index in [4.69, 9.17) is 0 Å². The number of aryl methyl sites for hydroxylation is 1. The van der Waals surface area contributed by atoms with Crippen LogP contribution in [0.2, 0.25) is 0 Å². The van der Waals surface area contributed by atoms with Crippen LogP contribution in [0.1, 0.15) is 43.2 Å². The number of nitrogens with zero attached hydrogens (tertiary/aromatic N) is 1. The molecule has 1 aromatic carbocycles. The number of carbonyl (C=O) groups is 1. The summed E-state index contributed by atoms with van der Waals surface area (Å²) in [7, 11) is 0. The third-order valence-electron chi connectivity index (χ3n) is 5.12. The maximum atomic E-state index is 11.6. The molecule has 3 atom stereocenters. The van der Waals surface area contributed by atoms with E-state index in [-0.39, 0.29) is 6.04 Å². The van der Waals surface area contributed by atoms with Gasteiger partial charge in [-0.2, -0.15) is 0 Å². The first-order chi connectivity index (χ1) is 9.66. The van der Waals surface area contributed by atoms with E-state index in [1.807, 2.05) is 12.1 Å². The largest absolute Gasteiger partial charge is 0.480 e. The van der Waals surface area contributed by atoms with E-state index in [1.165, 1.54) is 36.8 Å². The molecule has 3 heteroatoms. The number of aliphatic carboxylic acids is 1. The van der Waals surface area contributed by atoms with Crippen molar-refractivity contribution < 1.29 is 9.90 Å². The Morgan fingerprint density at radius 2 is 2.05 bits per heavy atom. The van der Waals surface area contributed by atoms with Gasteiger partial charge in [-0.1, -0.05) is 37.1 Å². The highest BCUT2D eigenvalue weighted by Gasteiger charge is 2.44. The summed E-state index contributed by atoms with van der Waals surface area (Å²) in [6, 6.07) is 8.52. The van der Waals surface area contributed by atoms with Crippen LogP contribution in [0.4, 0.5) is 0 Å². The van der Waals surface area contributed by atoms with Gasteiger partial charge in [0.25, 0.3) is 0 Å². The molecule has 1 saturated heterocycles. The van der Waals surface area contributed by atoms with Crippen molar-refractivity contribution in [3.8, 4) is 0 Å². The highest BCUT2D eigenvalue weighted by molar-refractivity contribution is 5.74. The number of hydrogen-bond acceptors (Lipinski definition) is 2. The second-order valence-corrected chi connectivity index (χ2v) is 6.30. The lowest BCUT2D eigenvalue weighted by molar-refractivity contribution is -0.142. The fraction of sp³-hybridized carbons (Fsp3) is 0.588. The Balaban J connectivity index is 1.84. The zero-order valence-electron chi connectivity index (χ0n) is 12.1. The summed E-state index contributed by atoms with van der Waals surface area (Å²) in [5, 5.41) is 9.54. The normalized spacial score (nSPS) is 30.1. The number of fused-ring (bicyclic) bond motifs is 1. The van der Waals surface area contributed by atoms with Crippen LogP contribution in [0, 0.1) is 12.8 Å². The van der Waals surface area contributed by atoms with Crippen LogP contribution >= 0.6 is 0 Å². The van der Waals surface area contributed by atoms with E-state index in [0.717, 1.165) is 13.0 Å². The number of hydrogen-bond donors (Lipinski definition) is 1. The zero-order chi connectivity index (χ0) is 14.1. The maximum absolute atomic E-state index is 11.6. The number of likely N-dealkylation sites (tertiary alicyclic amines) is 1. The molecule has 0 radical (unpaired) electrons. The second kappa shape index (κ2) is 5.57. The Kier molecular flexibility index (Phi) is 3.79. The molecule has 20 heavy (non-hydrogen) atoms. The molecule has 1 aliphatic carbocycles. The van der Waals surface area contributed by atoms with Crippen LogP contribution < -0.4 is 0 Å². The van der Waals surface area contributed by atoms with Crippen LogP contribution in [-0.2, 0) is 11.3 Å². The summed E-state index contributed by atoms with van der Waals surface area (Å²) >= 11 is 0. The van der Waals surface area contributed by atoms with Gasteiger partial charge in [0.05, 0.1) is 0 Å². The minimum atomic E-state index is -0.645. The van der Waals surface area contributed by atoms with Gasteiger partial charge in [-0.15, -0.1) is 0 Å². The molecule has 0 bridgehead atoms. The van der Waals surface area contributed by atoms with Gasteiger partial charge in [0.2, 0.25) is 0 Å². The molecule has 3 nitrogen and oxygen atoms in total. The number of rotatable bonds is 3. The minimum absolute atomic E-state index is 0.289. The molecule has 3 unspecified atom stereocenters. The molecule has 2 aliphatic rings. The van der Waals surface area contributed by atoms with Crippen molar-refractivity contribution in [1.29, 1.82) is 0 Å².